The Kier molecular flexibility index (Phi) is 2.63. The van der Waals surface area contributed by atoms with E-state index in [1.165, 1.54) is 18.3 Å². The Morgan fingerprint density at radius 3 is 2.80 bits per heavy atom. The number of rotatable bonds is 2. The van der Waals surface area contributed by atoms with Crippen LogP contribution < -0.4 is 4.74 Å². The molecule has 3 heteroatoms. The minimum atomic E-state index is -0.289. The van der Waals surface area contributed by atoms with Gasteiger partial charge >= 0.3 is 0 Å². The maximum absolute atomic E-state index is 13.0. The highest BCUT2D eigenvalue weighted by Gasteiger charge is 2.01. The van der Waals surface area contributed by atoms with Crippen LogP contribution in [0.25, 0.3) is 11.3 Å². The lowest BCUT2D eigenvalue weighted by atomic mass is 10.1. The van der Waals surface area contributed by atoms with E-state index in [2.05, 4.69) is 4.98 Å². The van der Waals surface area contributed by atoms with Gasteiger partial charge in [0.15, 0.2) is 0 Å². The number of halogens is 1. The summed E-state index contributed by atoms with van der Waals surface area (Å²) in [6.07, 6.45) is 1.45. The summed E-state index contributed by atoms with van der Waals surface area (Å²) in [5.74, 6) is 0.446. The molecule has 0 spiro atoms. The van der Waals surface area contributed by atoms with Crippen molar-refractivity contribution in [2.75, 3.05) is 7.11 Å². The Balaban J connectivity index is 2.44. The largest absolute Gasteiger partial charge is 0.497 e. The number of nitrogens with zero attached hydrogens (tertiary/aromatic N) is 1. The van der Waals surface area contributed by atoms with Crippen LogP contribution in [0.1, 0.15) is 0 Å². The molecule has 0 saturated heterocycles. The number of benzene rings is 1. The van der Waals surface area contributed by atoms with Gasteiger partial charge in [-0.15, -0.1) is 0 Å². The Morgan fingerprint density at radius 2 is 2.07 bits per heavy atom. The van der Waals surface area contributed by atoms with E-state index >= 15 is 0 Å². The molecule has 2 aromatic rings. The SMILES string of the molecule is COc1cccc(-c2cc(F)ccn2)c1. The third kappa shape index (κ3) is 2.13. The Bertz CT molecular complexity index is 471. The van der Waals surface area contributed by atoms with Crippen LogP contribution in [-0.2, 0) is 0 Å². The zero-order chi connectivity index (χ0) is 10.7. The topological polar surface area (TPSA) is 22.1 Å². The van der Waals surface area contributed by atoms with E-state index in [0.29, 0.717) is 5.69 Å². The van der Waals surface area contributed by atoms with Gasteiger partial charge in [-0.1, -0.05) is 12.1 Å². The van der Waals surface area contributed by atoms with Crippen LogP contribution in [0.4, 0.5) is 4.39 Å². The maximum atomic E-state index is 13.0. The van der Waals surface area contributed by atoms with Crippen molar-refractivity contribution in [1.29, 1.82) is 0 Å². The first-order valence-electron chi connectivity index (χ1n) is 4.55. The van der Waals surface area contributed by atoms with Crippen molar-refractivity contribution in [3.8, 4) is 17.0 Å². The van der Waals surface area contributed by atoms with Gasteiger partial charge in [-0.3, -0.25) is 4.98 Å². The van der Waals surface area contributed by atoms with E-state index in [1.54, 1.807) is 7.11 Å². The fourth-order valence-corrected chi connectivity index (χ4v) is 1.35. The quantitative estimate of drug-likeness (QED) is 0.748. The predicted molar refractivity (Wildman–Crippen MR) is 56.2 cm³/mol. The molecule has 76 valence electrons. The highest BCUT2D eigenvalue weighted by molar-refractivity contribution is 5.60. The molecule has 0 saturated carbocycles. The van der Waals surface area contributed by atoms with Crippen molar-refractivity contribution in [3.63, 3.8) is 0 Å². The van der Waals surface area contributed by atoms with E-state index in [9.17, 15) is 4.39 Å². The van der Waals surface area contributed by atoms with Crippen LogP contribution >= 0.6 is 0 Å². The van der Waals surface area contributed by atoms with E-state index in [-0.39, 0.29) is 5.82 Å². The summed E-state index contributed by atoms with van der Waals surface area (Å²) < 4.78 is 18.0. The monoisotopic (exact) mass is 203 g/mol. The van der Waals surface area contributed by atoms with Crippen molar-refractivity contribution in [1.82, 2.24) is 4.98 Å². The summed E-state index contributed by atoms with van der Waals surface area (Å²) in [6.45, 7) is 0. The number of hydrogen-bond donors (Lipinski definition) is 0. The van der Waals surface area contributed by atoms with Crippen LogP contribution in [-0.4, -0.2) is 12.1 Å². The zero-order valence-electron chi connectivity index (χ0n) is 8.27. The van der Waals surface area contributed by atoms with Crippen molar-refractivity contribution in [2.45, 2.75) is 0 Å². The summed E-state index contributed by atoms with van der Waals surface area (Å²) in [4.78, 5) is 4.09. The van der Waals surface area contributed by atoms with Gasteiger partial charge in [0.2, 0.25) is 0 Å². The zero-order valence-corrected chi connectivity index (χ0v) is 8.27. The second kappa shape index (κ2) is 4.09. The van der Waals surface area contributed by atoms with E-state index < -0.39 is 0 Å². The van der Waals surface area contributed by atoms with Crippen molar-refractivity contribution >= 4 is 0 Å². The highest BCUT2D eigenvalue weighted by atomic mass is 19.1. The van der Waals surface area contributed by atoms with Gasteiger partial charge in [0.25, 0.3) is 0 Å². The second-order valence-electron chi connectivity index (χ2n) is 3.09. The molecule has 2 rings (SSSR count). The molecule has 15 heavy (non-hydrogen) atoms. The van der Waals surface area contributed by atoms with Gasteiger partial charge in [-0.2, -0.15) is 0 Å². The van der Waals surface area contributed by atoms with Crippen LogP contribution in [0.3, 0.4) is 0 Å². The lowest BCUT2D eigenvalue weighted by molar-refractivity contribution is 0.415. The summed E-state index contributed by atoms with van der Waals surface area (Å²) >= 11 is 0. The predicted octanol–water partition coefficient (Wildman–Crippen LogP) is 2.90. The first-order valence-corrected chi connectivity index (χ1v) is 4.55. The van der Waals surface area contributed by atoms with Gasteiger partial charge in [-0.05, 0) is 18.2 Å². The Morgan fingerprint density at radius 1 is 1.20 bits per heavy atom. The lowest BCUT2D eigenvalue weighted by Gasteiger charge is -2.03. The standard InChI is InChI=1S/C12H10FNO/c1-15-11-4-2-3-9(7-11)12-8-10(13)5-6-14-12/h2-8H,1H3. The van der Waals surface area contributed by atoms with E-state index in [1.807, 2.05) is 24.3 Å². The average molecular weight is 203 g/mol. The molecular weight excluding hydrogens is 193 g/mol. The number of aromatic nitrogens is 1. The molecular formula is C12H10FNO. The van der Waals surface area contributed by atoms with E-state index in [4.69, 9.17) is 4.74 Å². The molecule has 0 radical (unpaired) electrons. The molecule has 0 atom stereocenters. The summed E-state index contributed by atoms with van der Waals surface area (Å²) in [7, 11) is 1.60. The number of pyridine rings is 1. The number of methoxy groups -OCH3 is 1. The molecule has 0 fully saturated rings. The lowest BCUT2D eigenvalue weighted by Crippen LogP contribution is -1.87. The Labute approximate surface area is 87.4 Å². The van der Waals surface area contributed by atoms with E-state index in [0.717, 1.165) is 11.3 Å². The first-order chi connectivity index (χ1) is 7.29. The van der Waals surface area contributed by atoms with Gasteiger partial charge in [0.1, 0.15) is 11.6 Å². The van der Waals surface area contributed by atoms with Crippen LogP contribution in [0.5, 0.6) is 5.75 Å². The third-order valence-corrected chi connectivity index (χ3v) is 2.09. The molecule has 0 aliphatic carbocycles. The van der Waals surface area contributed by atoms with Gasteiger partial charge < -0.3 is 4.74 Å². The summed E-state index contributed by atoms with van der Waals surface area (Å²) in [5, 5.41) is 0. The molecule has 1 aromatic heterocycles. The molecule has 0 aliphatic rings. The fraction of sp³-hybridized carbons (Fsp3) is 0.0833. The van der Waals surface area contributed by atoms with Crippen molar-refractivity contribution in [3.05, 3.63) is 48.4 Å². The van der Waals surface area contributed by atoms with Gasteiger partial charge in [-0.25, -0.2) is 4.39 Å². The fourth-order valence-electron chi connectivity index (χ4n) is 1.35. The molecule has 0 amide bonds. The normalized spacial score (nSPS) is 10.0. The third-order valence-electron chi connectivity index (χ3n) is 2.09. The summed E-state index contributed by atoms with van der Waals surface area (Å²) in [6, 6.07) is 10.1. The molecule has 0 aliphatic heterocycles. The molecule has 0 bridgehead atoms. The molecule has 0 unspecified atom stereocenters. The molecule has 1 aromatic carbocycles. The van der Waals surface area contributed by atoms with Crippen LogP contribution in [0, 0.1) is 5.82 Å². The number of hydrogen-bond acceptors (Lipinski definition) is 2. The smallest absolute Gasteiger partial charge is 0.126 e. The molecule has 0 N–H and O–H groups in total. The van der Waals surface area contributed by atoms with Gasteiger partial charge in [0.05, 0.1) is 12.8 Å². The minimum absolute atomic E-state index is 0.289. The average Bonchev–Trinajstić information content (AvgIpc) is 2.29. The van der Waals surface area contributed by atoms with Gasteiger partial charge in [0, 0.05) is 17.8 Å². The number of ether oxygens (including phenoxy) is 1. The van der Waals surface area contributed by atoms with Crippen molar-refractivity contribution < 1.29 is 9.13 Å². The summed E-state index contributed by atoms with van der Waals surface area (Å²) in [5.41, 5.74) is 1.45. The van der Waals surface area contributed by atoms with Crippen molar-refractivity contribution in [2.24, 2.45) is 0 Å². The maximum Gasteiger partial charge on any atom is 0.126 e. The molecule has 1 heterocycles. The van der Waals surface area contributed by atoms with Crippen LogP contribution in [0.15, 0.2) is 42.6 Å². The molecule has 2 nitrogen and oxygen atoms in total. The minimum Gasteiger partial charge on any atom is -0.497 e. The highest BCUT2D eigenvalue weighted by Crippen LogP contribution is 2.22. The first kappa shape index (κ1) is 9.65. The second-order valence-corrected chi connectivity index (χ2v) is 3.09. The Hall–Kier alpha value is -1.90. The van der Waals surface area contributed by atoms with Crippen LogP contribution in [0.2, 0.25) is 0 Å².